The molecule has 108 valence electrons. The third kappa shape index (κ3) is 4.21. The molecule has 5 nitrogen and oxygen atoms in total. The Morgan fingerprint density at radius 3 is 2.84 bits per heavy atom. The third-order valence-electron chi connectivity index (χ3n) is 3.49. The first kappa shape index (κ1) is 16.0. The van der Waals surface area contributed by atoms with Gasteiger partial charge in [-0.1, -0.05) is 6.92 Å². The summed E-state index contributed by atoms with van der Waals surface area (Å²) < 4.78 is 1.81. The van der Waals surface area contributed by atoms with E-state index in [0.717, 1.165) is 43.6 Å². The normalized spacial score (nSPS) is 15.9. The second-order valence-corrected chi connectivity index (χ2v) is 4.87. The Hall–Kier alpha value is -1.07. The number of aromatic nitrogens is 2. The summed E-state index contributed by atoms with van der Waals surface area (Å²) in [5.74, 6) is 0.357. The highest BCUT2D eigenvalue weighted by Crippen LogP contribution is 2.12. The second kappa shape index (κ2) is 7.50. The molecule has 2 rings (SSSR count). The number of nitrogens with zero attached hydrogens (tertiary/aromatic N) is 2. The van der Waals surface area contributed by atoms with Gasteiger partial charge in [-0.25, -0.2) is 0 Å². The Morgan fingerprint density at radius 1 is 1.53 bits per heavy atom. The van der Waals surface area contributed by atoms with Gasteiger partial charge in [-0.15, -0.1) is 12.4 Å². The monoisotopic (exact) mass is 286 g/mol. The summed E-state index contributed by atoms with van der Waals surface area (Å²) >= 11 is 0. The molecule has 1 saturated heterocycles. The van der Waals surface area contributed by atoms with Gasteiger partial charge >= 0.3 is 0 Å². The molecule has 1 amide bonds. The molecule has 6 heteroatoms. The van der Waals surface area contributed by atoms with Crippen LogP contribution >= 0.6 is 12.4 Å². The zero-order chi connectivity index (χ0) is 13.0. The lowest BCUT2D eigenvalue weighted by Crippen LogP contribution is -2.37. The van der Waals surface area contributed by atoms with Crippen molar-refractivity contribution in [3.05, 3.63) is 17.5 Å². The molecule has 1 fully saturated rings. The summed E-state index contributed by atoms with van der Waals surface area (Å²) in [7, 11) is 1.91. The van der Waals surface area contributed by atoms with Crippen LogP contribution in [0, 0.1) is 5.92 Å². The van der Waals surface area contributed by atoms with Crippen molar-refractivity contribution in [2.24, 2.45) is 13.0 Å². The molecule has 0 spiro atoms. The fourth-order valence-corrected chi connectivity index (χ4v) is 2.44. The zero-order valence-electron chi connectivity index (χ0n) is 11.6. The lowest BCUT2D eigenvalue weighted by Gasteiger charge is -2.21. The van der Waals surface area contributed by atoms with Crippen LogP contribution in [0.5, 0.6) is 0 Å². The molecular formula is C13H23ClN4O. The minimum atomic E-state index is 0. The summed E-state index contributed by atoms with van der Waals surface area (Å²) in [6, 6.07) is 0. The Kier molecular flexibility index (Phi) is 6.31. The molecule has 0 atom stereocenters. The number of amides is 1. The van der Waals surface area contributed by atoms with Crippen LogP contribution in [0.25, 0.3) is 0 Å². The van der Waals surface area contributed by atoms with Crippen molar-refractivity contribution in [1.82, 2.24) is 20.4 Å². The first-order valence-electron chi connectivity index (χ1n) is 6.70. The van der Waals surface area contributed by atoms with Crippen LogP contribution in [0.2, 0.25) is 0 Å². The van der Waals surface area contributed by atoms with Gasteiger partial charge in [0.25, 0.3) is 0 Å². The molecule has 0 unspecified atom stereocenters. The molecule has 2 N–H and O–H groups in total. The standard InChI is InChI=1S/C13H22N4O.ClH/c1-3-12-11(9-17(2)16-12)8-15-13(18)10-4-6-14-7-5-10;/h9-10,14H,3-8H2,1-2H3,(H,15,18);1H. The van der Waals surface area contributed by atoms with Crippen LogP contribution in [-0.4, -0.2) is 28.8 Å². The Bertz CT molecular complexity index is 413. The van der Waals surface area contributed by atoms with Gasteiger partial charge in [0, 0.05) is 31.3 Å². The first-order chi connectivity index (χ1) is 8.70. The van der Waals surface area contributed by atoms with E-state index in [2.05, 4.69) is 22.7 Å². The van der Waals surface area contributed by atoms with Gasteiger partial charge in [-0.2, -0.15) is 5.10 Å². The fraction of sp³-hybridized carbons (Fsp3) is 0.692. The molecule has 0 aromatic carbocycles. The van der Waals surface area contributed by atoms with Gasteiger partial charge in [0.1, 0.15) is 0 Å². The van der Waals surface area contributed by atoms with E-state index < -0.39 is 0 Å². The van der Waals surface area contributed by atoms with Gasteiger partial charge in [-0.05, 0) is 32.4 Å². The summed E-state index contributed by atoms with van der Waals surface area (Å²) in [6.45, 7) is 4.58. The third-order valence-corrected chi connectivity index (χ3v) is 3.49. The molecule has 0 bridgehead atoms. The molecule has 0 radical (unpaired) electrons. The van der Waals surface area contributed by atoms with Crippen LogP contribution in [0.4, 0.5) is 0 Å². The summed E-state index contributed by atoms with van der Waals surface area (Å²) in [6.07, 6.45) is 4.78. The van der Waals surface area contributed by atoms with Crippen LogP contribution in [0.3, 0.4) is 0 Å². The SMILES string of the molecule is CCc1nn(C)cc1CNC(=O)C1CCNCC1.Cl. The summed E-state index contributed by atoms with van der Waals surface area (Å²) in [4.78, 5) is 12.0. The number of piperidine rings is 1. The van der Waals surface area contributed by atoms with E-state index in [1.54, 1.807) is 0 Å². The number of carbonyl (C=O) groups is 1. The molecule has 1 aromatic heterocycles. The van der Waals surface area contributed by atoms with Crippen molar-refractivity contribution in [1.29, 1.82) is 0 Å². The topological polar surface area (TPSA) is 59.0 Å². The van der Waals surface area contributed by atoms with Gasteiger partial charge in [-0.3, -0.25) is 9.48 Å². The molecule has 2 heterocycles. The van der Waals surface area contributed by atoms with Crippen molar-refractivity contribution in [3.63, 3.8) is 0 Å². The van der Waals surface area contributed by atoms with Crippen molar-refractivity contribution in [2.45, 2.75) is 32.7 Å². The molecule has 1 aromatic rings. The Morgan fingerprint density at radius 2 is 2.21 bits per heavy atom. The van der Waals surface area contributed by atoms with Gasteiger partial charge in [0.2, 0.25) is 5.91 Å². The number of hydrogen-bond acceptors (Lipinski definition) is 3. The minimum absolute atomic E-state index is 0. The molecule has 1 aliphatic heterocycles. The lowest BCUT2D eigenvalue weighted by molar-refractivity contribution is -0.125. The van der Waals surface area contributed by atoms with Crippen molar-refractivity contribution >= 4 is 18.3 Å². The summed E-state index contributed by atoms with van der Waals surface area (Å²) in [5, 5.41) is 10.7. The predicted octanol–water partition coefficient (Wildman–Crippen LogP) is 1.02. The quantitative estimate of drug-likeness (QED) is 0.869. The van der Waals surface area contributed by atoms with Crippen molar-refractivity contribution in [2.75, 3.05) is 13.1 Å². The Balaban J connectivity index is 0.00000180. The lowest BCUT2D eigenvalue weighted by atomic mass is 9.97. The van der Waals surface area contributed by atoms with Crippen LogP contribution < -0.4 is 10.6 Å². The smallest absolute Gasteiger partial charge is 0.223 e. The van der Waals surface area contributed by atoms with Crippen LogP contribution in [-0.2, 0) is 24.8 Å². The van der Waals surface area contributed by atoms with E-state index in [4.69, 9.17) is 0 Å². The predicted molar refractivity (Wildman–Crippen MR) is 77.3 cm³/mol. The van der Waals surface area contributed by atoms with E-state index in [0.29, 0.717) is 6.54 Å². The largest absolute Gasteiger partial charge is 0.352 e. The van der Waals surface area contributed by atoms with E-state index in [1.807, 2.05) is 17.9 Å². The van der Waals surface area contributed by atoms with Crippen molar-refractivity contribution < 1.29 is 4.79 Å². The van der Waals surface area contributed by atoms with Gasteiger partial charge < -0.3 is 10.6 Å². The molecule has 19 heavy (non-hydrogen) atoms. The maximum Gasteiger partial charge on any atom is 0.223 e. The molecular weight excluding hydrogens is 264 g/mol. The number of hydrogen-bond donors (Lipinski definition) is 2. The number of nitrogens with one attached hydrogen (secondary N) is 2. The summed E-state index contributed by atoms with van der Waals surface area (Å²) in [5.41, 5.74) is 2.20. The number of rotatable bonds is 4. The highest BCUT2D eigenvalue weighted by atomic mass is 35.5. The van der Waals surface area contributed by atoms with E-state index >= 15 is 0 Å². The van der Waals surface area contributed by atoms with Crippen LogP contribution in [0.15, 0.2) is 6.20 Å². The van der Waals surface area contributed by atoms with E-state index in [-0.39, 0.29) is 24.2 Å². The average Bonchev–Trinajstić information content (AvgIpc) is 2.77. The maximum absolute atomic E-state index is 12.0. The first-order valence-corrected chi connectivity index (χ1v) is 6.70. The molecule has 0 aliphatic carbocycles. The number of carbonyl (C=O) groups excluding carboxylic acids is 1. The van der Waals surface area contributed by atoms with Gasteiger partial charge in [0.15, 0.2) is 0 Å². The minimum Gasteiger partial charge on any atom is -0.352 e. The Labute approximate surface area is 120 Å². The highest BCUT2D eigenvalue weighted by Gasteiger charge is 2.20. The highest BCUT2D eigenvalue weighted by molar-refractivity contribution is 5.85. The maximum atomic E-state index is 12.0. The number of halogens is 1. The molecule has 0 saturated carbocycles. The average molecular weight is 287 g/mol. The second-order valence-electron chi connectivity index (χ2n) is 4.87. The molecule has 1 aliphatic rings. The fourth-order valence-electron chi connectivity index (χ4n) is 2.44. The number of aryl methyl sites for hydroxylation is 2. The van der Waals surface area contributed by atoms with E-state index in [1.165, 1.54) is 0 Å². The van der Waals surface area contributed by atoms with Crippen LogP contribution in [0.1, 0.15) is 31.0 Å². The van der Waals surface area contributed by atoms with Gasteiger partial charge in [0.05, 0.1) is 5.69 Å². The zero-order valence-corrected chi connectivity index (χ0v) is 12.4. The van der Waals surface area contributed by atoms with E-state index in [9.17, 15) is 4.79 Å². The van der Waals surface area contributed by atoms with Crippen molar-refractivity contribution in [3.8, 4) is 0 Å².